The van der Waals surface area contributed by atoms with Gasteiger partial charge in [0.1, 0.15) is 0 Å². The van der Waals surface area contributed by atoms with Crippen LogP contribution in [0.25, 0.3) is 0 Å². The molecule has 4 heteroatoms. The first-order valence-electron chi connectivity index (χ1n) is 6.62. The molecular formula is C13H27N3O. The van der Waals surface area contributed by atoms with Crippen molar-refractivity contribution in [2.45, 2.75) is 33.6 Å². The lowest BCUT2D eigenvalue weighted by atomic mass is 9.92. The molecule has 0 radical (unpaired) electrons. The maximum Gasteiger partial charge on any atom is 0.223 e. The Morgan fingerprint density at radius 3 is 2.24 bits per heavy atom. The van der Waals surface area contributed by atoms with Gasteiger partial charge in [0.05, 0.1) is 0 Å². The zero-order chi connectivity index (χ0) is 12.9. The molecular weight excluding hydrogens is 214 g/mol. The molecule has 1 aliphatic heterocycles. The van der Waals surface area contributed by atoms with E-state index in [2.05, 4.69) is 25.7 Å². The number of carbonyl (C=O) groups excluding carboxylic acids is 1. The second-order valence-electron chi connectivity index (χ2n) is 6.07. The third kappa shape index (κ3) is 5.50. The molecule has 1 fully saturated rings. The number of hydrogen-bond acceptors (Lipinski definition) is 3. The van der Waals surface area contributed by atoms with E-state index in [0.717, 1.165) is 32.7 Å². The highest BCUT2D eigenvalue weighted by Gasteiger charge is 2.21. The van der Waals surface area contributed by atoms with Crippen LogP contribution in [0.5, 0.6) is 0 Å². The molecule has 0 saturated carbocycles. The van der Waals surface area contributed by atoms with Crippen molar-refractivity contribution in [2.75, 3.05) is 39.3 Å². The molecule has 0 bridgehead atoms. The van der Waals surface area contributed by atoms with Crippen molar-refractivity contribution < 1.29 is 4.79 Å². The van der Waals surface area contributed by atoms with Gasteiger partial charge in [-0.2, -0.15) is 0 Å². The van der Waals surface area contributed by atoms with Crippen molar-refractivity contribution in [1.82, 2.24) is 9.80 Å². The van der Waals surface area contributed by atoms with Gasteiger partial charge in [-0.3, -0.25) is 9.69 Å². The van der Waals surface area contributed by atoms with Gasteiger partial charge in [-0.05, 0) is 18.4 Å². The summed E-state index contributed by atoms with van der Waals surface area (Å²) in [4.78, 5) is 16.1. The zero-order valence-electron chi connectivity index (χ0n) is 11.5. The van der Waals surface area contributed by atoms with Crippen LogP contribution < -0.4 is 5.73 Å². The highest BCUT2D eigenvalue weighted by molar-refractivity contribution is 5.76. The van der Waals surface area contributed by atoms with E-state index in [4.69, 9.17) is 5.73 Å². The highest BCUT2D eigenvalue weighted by Crippen LogP contribution is 2.19. The molecule has 1 saturated heterocycles. The first-order valence-corrected chi connectivity index (χ1v) is 6.62. The first-order chi connectivity index (χ1) is 7.92. The molecule has 1 rings (SSSR count). The van der Waals surface area contributed by atoms with E-state index in [1.807, 2.05) is 4.90 Å². The van der Waals surface area contributed by atoms with Gasteiger partial charge >= 0.3 is 0 Å². The fraction of sp³-hybridized carbons (Fsp3) is 0.923. The fourth-order valence-electron chi connectivity index (χ4n) is 2.00. The standard InChI is InChI=1S/C13H27N3O/c1-13(2,3)5-7-15-8-10-16(11-9-15)12(17)4-6-14/h4-11,14H2,1-3H3. The molecule has 100 valence electrons. The van der Waals surface area contributed by atoms with Gasteiger partial charge in [-0.25, -0.2) is 0 Å². The van der Waals surface area contributed by atoms with Crippen molar-refractivity contribution in [3.8, 4) is 0 Å². The van der Waals surface area contributed by atoms with Crippen LogP contribution in [0.3, 0.4) is 0 Å². The van der Waals surface area contributed by atoms with E-state index in [1.165, 1.54) is 6.42 Å². The number of rotatable bonds is 4. The van der Waals surface area contributed by atoms with Crippen LogP contribution in [0.1, 0.15) is 33.6 Å². The van der Waals surface area contributed by atoms with Crippen molar-refractivity contribution in [3.63, 3.8) is 0 Å². The van der Waals surface area contributed by atoms with E-state index in [9.17, 15) is 4.79 Å². The molecule has 1 heterocycles. The van der Waals surface area contributed by atoms with Crippen LogP contribution in [0.15, 0.2) is 0 Å². The van der Waals surface area contributed by atoms with Crippen molar-refractivity contribution >= 4 is 5.91 Å². The first kappa shape index (κ1) is 14.5. The lowest BCUT2D eigenvalue weighted by Gasteiger charge is -2.36. The topological polar surface area (TPSA) is 49.6 Å². The average Bonchev–Trinajstić information content (AvgIpc) is 2.26. The molecule has 0 aromatic rings. The molecule has 0 unspecified atom stereocenters. The van der Waals surface area contributed by atoms with Crippen LogP contribution in [0.2, 0.25) is 0 Å². The lowest BCUT2D eigenvalue weighted by molar-refractivity contribution is -0.132. The summed E-state index contributed by atoms with van der Waals surface area (Å²) in [7, 11) is 0. The van der Waals surface area contributed by atoms with Gasteiger partial charge in [0, 0.05) is 39.1 Å². The number of piperazine rings is 1. The Morgan fingerprint density at radius 2 is 1.76 bits per heavy atom. The summed E-state index contributed by atoms with van der Waals surface area (Å²) in [6.45, 7) is 12.2. The Kier molecular flexibility index (Phi) is 5.40. The van der Waals surface area contributed by atoms with Gasteiger partial charge in [0.2, 0.25) is 5.91 Å². The van der Waals surface area contributed by atoms with Crippen molar-refractivity contribution in [3.05, 3.63) is 0 Å². The Bertz CT molecular complexity index is 240. The Balaban J connectivity index is 2.24. The number of carbonyl (C=O) groups is 1. The Morgan fingerprint density at radius 1 is 1.18 bits per heavy atom. The average molecular weight is 241 g/mol. The Labute approximate surface area is 105 Å². The normalized spacial score (nSPS) is 18.5. The smallest absolute Gasteiger partial charge is 0.223 e. The summed E-state index contributed by atoms with van der Waals surface area (Å²) in [6.07, 6.45) is 1.70. The molecule has 1 aliphatic rings. The predicted octanol–water partition coefficient (Wildman–Crippen LogP) is 0.916. The molecule has 0 aliphatic carbocycles. The molecule has 0 aromatic carbocycles. The van der Waals surface area contributed by atoms with E-state index in [0.29, 0.717) is 18.4 Å². The third-order valence-corrected chi connectivity index (χ3v) is 3.26. The van der Waals surface area contributed by atoms with Gasteiger partial charge in [-0.15, -0.1) is 0 Å². The van der Waals surface area contributed by atoms with Gasteiger partial charge in [0.15, 0.2) is 0 Å². The summed E-state index contributed by atoms with van der Waals surface area (Å²) in [5.41, 5.74) is 5.80. The maximum absolute atomic E-state index is 11.6. The summed E-state index contributed by atoms with van der Waals surface area (Å²) in [6, 6.07) is 0. The predicted molar refractivity (Wildman–Crippen MR) is 70.8 cm³/mol. The van der Waals surface area contributed by atoms with E-state index in [-0.39, 0.29) is 5.91 Å². The molecule has 1 amide bonds. The molecule has 0 aromatic heterocycles. The molecule has 4 nitrogen and oxygen atoms in total. The van der Waals surface area contributed by atoms with E-state index >= 15 is 0 Å². The van der Waals surface area contributed by atoms with Gasteiger partial charge in [0.25, 0.3) is 0 Å². The minimum absolute atomic E-state index is 0.211. The summed E-state index contributed by atoms with van der Waals surface area (Å²) in [5.74, 6) is 0.211. The summed E-state index contributed by atoms with van der Waals surface area (Å²) < 4.78 is 0. The molecule has 17 heavy (non-hydrogen) atoms. The summed E-state index contributed by atoms with van der Waals surface area (Å²) >= 11 is 0. The zero-order valence-corrected chi connectivity index (χ0v) is 11.5. The van der Waals surface area contributed by atoms with E-state index in [1.54, 1.807) is 0 Å². The van der Waals surface area contributed by atoms with Gasteiger partial charge in [-0.1, -0.05) is 20.8 Å². The van der Waals surface area contributed by atoms with Crippen molar-refractivity contribution in [1.29, 1.82) is 0 Å². The van der Waals surface area contributed by atoms with E-state index < -0.39 is 0 Å². The second-order valence-corrected chi connectivity index (χ2v) is 6.07. The number of nitrogens with two attached hydrogens (primary N) is 1. The van der Waals surface area contributed by atoms with Crippen LogP contribution in [0.4, 0.5) is 0 Å². The minimum Gasteiger partial charge on any atom is -0.340 e. The molecule has 2 N–H and O–H groups in total. The van der Waals surface area contributed by atoms with Gasteiger partial charge < -0.3 is 10.6 Å². The molecule has 0 spiro atoms. The number of amides is 1. The second kappa shape index (κ2) is 6.36. The monoisotopic (exact) mass is 241 g/mol. The van der Waals surface area contributed by atoms with Crippen LogP contribution in [-0.2, 0) is 4.79 Å². The third-order valence-electron chi connectivity index (χ3n) is 3.26. The SMILES string of the molecule is CC(C)(C)CCN1CCN(C(=O)CCN)CC1. The largest absolute Gasteiger partial charge is 0.340 e. The van der Waals surface area contributed by atoms with Crippen LogP contribution in [0, 0.1) is 5.41 Å². The Hall–Kier alpha value is -0.610. The number of hydrogen-bond donors (Lipinski definition) is 1. The highest BCUT2D eigenvalue weighted by atomic mass is 16.2. The summed E-state index contributed by atoms with van der Waals surface area (Å²) in [5, 5.41) is 0. The minimum atomic E-state index is 0.211. The number of nitrogens with zero attached hydrogens (tertiary/aromatic N) is 2. The van der Waals surface area contributed by atoms with Crippen LogP contribution in [-0.4, -0.2) is 55.0 Å². The maximum atomic E-state index is 11.6. The quantitative estimate of drug-likeness (QED) is 0.796. The van der Waals surface area contributed by atoms with Crippen molar-refractivity contribution in [2.24, 2.45) is 11.1 Å². The fourth-order valence-corrected chi connectivity index (χ4v) is 2.00. The van der Waals surface area contributed by atoms with Crippen LogP contribution >= 0.6 is 0 Å². The lowest BCUT2D eigenvalue weighted by Crippen LogP contribution is -2.49. The molecule has 0 atom stereocenters.